The number of hydrogen-bond acceptors (Lipinski definition) is 5. The quantitative estimate of drug-likeness (QED) is 0.138. The van der Waals surface area contributed by atoms with Gasteiger partial charge in [0, 0.05) is 0 Å². The van der Waals surface area contributed by atoms with Crippen LogP contribution in [0.25, 0.3) is 0 Å². The van der Waals surface area contributed by atoms with Crippen LogP contribution in [0.1, 0.15) is 73.4 Å². The van der Waals surface area contributed by atoms with Crippen LogP contribution >= 0.6 is 0 Å². The van der Waals surface area contributed by atoms with Gasteiger partial charge in [0.05, 0.1) is 23.8 Å². The van der Waals surface area contributed by atoms with Crippen LogP contribution in [0.3, 0.4) is 0 Å². The molecular formula is C30H33NO4. The van der Waals surface area contributed by atoms with Crippen LogP contribution in [0, 0.1) is 11.3 Å². The van der Waals surface area contributed by atoms with Crippen LogP contribution in [-0.2, 0) is 6.61 Å². The predicted octanol–water partition coefficient (Wildman–Crippen LogP) is 7.49. The Hall–Kier alpha value is -3.78. The molecule has 0 aliphatic carbocycles. The van der Waals surface area contributed by atoms with E-state index in [0.29, 0.717) is 35.8 Å². The van der Waals surface area contributed by atoms with Gasteiger partial charge in [-0.1, -0.05) is 57.6 Å². The van der Waals surface area contributed by atoms with Crippen molar-refractivity contribution in [3.63, 3.8) is 0 Å². The molecule has 0 aromatic heterocycles. The topological polar surface area (TPSA) is 68.6 Å². The summed E-state index contributed by atoms with van der Waals surface area (Å²) < 4.78 is 17.0. The van der Waals surface area contributed by atoms with Gasteiger partial charge in [-0.05, 0) is 72.6 Å². The molecular weight excluding hydrogens is 438 g/mol. The number of rotatable bonds is 14. The Kier molecular flexibility index (Phi) is 10.7. The summed E-state index contributed by atoms with van der Waals surface area (Å²) in [5.41, 5.74) is 2.01. The third-order valence-electron chi connectivity index (χ3n) is 5.63. The molecule has 0 saturated carbocycles. The molecule has 0 aliphatic heterocycles. The molecule has 0 heterocycles. The van der Waals surface area contributed by atoms with E-state index in [2.05, 4.69) is 13.0 Å². The largest absolute Gasteiger partial charge is 0.494 e. The summed E-state index contributed by atoms with van der Waals surface area (Å²) in [6, 6.07) is 23.3. The average molecular weight is 472 g/mol. The minimum absolute atomic E-state index is 0.378. The summed E-state index contributed by atoms with van der Waals surface area (Å²) in [5.74, 6) is 1.47. The molecule has 0 aliphatic rings. The Morgan fingerprint density at radius 1 is 0.714 bits per heavy atom. The molecule has 0 atom stereocenters. The summed E-state index contributed by atoms with van der Waals surface area (Å²) in [7, 11) is 0. The molecule has 0 unspecified atom stereocenters. The summed E-state index contributed by atoms with van der Waals surface area (Å²) in [4.78, 5) is 12.5. The fourth-order valence-corrected chi connectivity index (χ4v) is 3.55. The summed E-state index contributed by atoms with van der Waals surface area (Å²) in [6.07, 6.45) is 8.75. The second-order valence-corrected chi connectivity index (χ2v) is 8.45. The number of hydrogen-bond donors (Lipinski definition) is 0. The van der Waals surface area contributed by atoms with E-state index in [0.717, 1.165) is 17.7 Å². The van der Waals surface area contributed by atoms with Crippen LogP contribution in [0.15, 0.2) is 72.8 Å². The smallest absolute Gasteiger partial charge is 0.343 e. The van der Waals surface area contributed by atoms with Gasteiger partial charge in [-0.2, -0.15) is 5.26 Å². The van der Waals surface area contributed by atoms with Crippen molar-refractivity contribution >= 4 is 5.97 Å². The summed E-state index contributed by atoms with van der Waals surface area (Å²) >= 11 is 0. The van der Waals surface area contributed by atoms with E-state index in [1.54, 1.807) is 48.5 Å². The van der Waals surface area contributed by atoms with Gasteiger partial charge in [-0.15, -0.1) is 0 Å². The number of esters is 1. The van der Waals surface area contributed by atoms with Crippen molar-refractivity contribution in [2.45, 2.75) is 58.5 Å². The zero-order valence-corrected chi connectivity index (χ0v) is 20.4. The highest BCUT2D eigenvalue weighted by atomic mass is 16.5. The summed E-state index contributed by atoms with van der Waals surface area (Å²) in [6.45, 7) is 3.31. The number of ether oxygens (including phenoxy) is 3. The lowest BCUT2D eigenvalue weighted by Crippen LogP contribution is -2.08. The molecule has 0 bridgehead atoms. The molecule has 3 aromatic carbocycles. The van der Waals surface area contributed by atoms with E-state index in [9.17, 15) is 4.79 Å². The Balaban J connectivity index is 1.38. The fourth-order valence-electron chi connectivity index (χ4n) is 3.55. The van der Waals surface area contributed by atoms with Gasteiger partial charge < -0.3 is 14.2 Å². The molecule has 0 spiro atoms. The van der Waals surface area contributed by atoms with E-state index < -0.39 is 5.97 Å². The maximum absolute atomic E-state index is 12.5. The van der Waals surface area contributed by atoms with E-state index >= 15 is 0 Å². The molecule has 5 nitrogen and oxygen atoms in total. The third kappa shape index (κ3) is 9.17. The van der Waals surface area contributed by atoms with Crippen molar-refractivity contribution in [3.05, 3.63) is 89.5 Å². The lowest BCUT2D eigenvalue weighted by atomic mass is 10.1. The molecule has 0 fully saturated rings. The number of benzene rings is 3. The number of nitriles is 1. The van der Waals surface area contributed by atoms with Crippen LogP contribution in [0.4, 0.5) is 0 Å². The Morgan fingerprint density at radius 3 is 1.94 bits per heavy atom. The fraction of sp³-hybridized carbons (Fsp3) is 0.333. The molecule has 5 heteroatoms. The maximum atomic E-state index is 12.5. The highest BCUT2D eigenvalue weighted by molar-refractivity contribution is 5.91. The van der Waals surface area contributed by atoms with E-state index in [4.69, 9.17) is 19.5 Å². The number of unbranched alkanes of at least 4 members (excludes halogenated alkanes) is 6. The third-order valence-corrected chi connectivity index (χ3v) is 5.63. The van der Waals surface area contributed by atoms with Gasteiger partial charge in [0.2, 0.25) is 0 Å². The van der Waals surface area contributed by atoms with Crippen LogP contribution < -0.4 is 14.2 Å². The van der Waals surface area contributed by atoms with Crippen LogP contribution in [0.2, 0.25) is 0 Å². The highest BCUT2D eigenvalue weighted by Gasteiger charge is 2.09. The van der Waals surface area contributed by atoms with Gasteiger partial charge >= 0.3 is 5.97 Å². The molecule has 0 radical (unpaired) electrons. The molecule has 0 amide bonds. The summed E-state index contributed by atoms with van der Waals surface area (Å²) in [5, 5.41) is 8.86. The average Bonchev–Trinajstić information content (AvgIpc) is 2.90. The second kappa shape index (κ2) is 14.5. The van der Waals surface area contributed by atoms with E-state index in [-0.39, 0.29) is 0 Å². The van der Waals surface area contributed by atoms with Gasteiger partial charge in [-0.25, -0.2) is 4.79 Å². The van der Waals surface area contributed by atoms with Gasteiger partial charge in [-0.3, -0.25) is 0 Å². The standard InChI is InChI=1S/C30H33NO4/c1-2-3-4-5-6-7-8-21-33-27-17-19-29(20-18-27)35-30(32)26-13-15-28(16-14-26)34-23-25-11-9-24(22-31)10-12-25/h9-20H,2-8,21,23H2,1H3. The van der Waals surface area contributed by atoms with Crippen molar-refractivity contribution < 1.29 is 19.0 Å². The van der Waals surface area contributed by atoms with Crippen LogP contribution in [-0.4, -0.2) is 12.6 Å². The zero-order valence-electron chi connectivity index (χ0n) is 20.4. The molecule has 0 N–H and O–H groups in total. The minimum Gasteiger partial charge on any atom is -0.494 e. The van der Waals surface area contributed by atoms with Crippen molar-refractivity contribution in [1.29, 1.82) is 5.26 Å². The predicted molar refractivity (Wildman–Crippen MR) is 137 cm³/mol. The molecule has 0 saturated heterocycles. The second-order valence-electron chi connectivity index (χ2n) is 8.45. The SMILES string of the molecule is CCCCCCCCCOc1ccc(OC(=O)c2ccc(OCc3ccc(C#N)cc3)cc2)cc1. The van der Waals surface area contributed by atoms with Crippen molar-refractivity contribution in [3.8, 4) is 23.3 Å². The molecule has 35 heavy (non-hydrogen) atoms. The lowest BCUT2D eigenvalue weighted by Gasteiger charge is -2.09. The van der Waals surface area contributed by atoms with Crippen molar-refractivity contribution in [2.75, 3.05) is 6.61 Å². The van der Waals surface area contributed by atoms with Gasteiger partial charge in [0.25, 0.3) is 0 Å². The normalized spacial score (nSPS) is 10.4. The number of carbonyl (C=O) groups excluding carboxylic acids is 1. The maximum Gasteiger partial charge on any atom is 0.343 e. The van der Waals surface area contributed by atoms with Crippen molar-refractivity contribution in [2.24, 2.45) is 0 Å². The van der Waals surface area contributed by atoms with Crippen LogP contribution in [0.5, 0.6) is 17.2 Å². The molecule has 3 aromatic rings. The lowest BCUT2D eigenvalue weighted by molar-refractivity contribution is 0.0734. The first-order valence-corrected chi connectivity index (χ1v) is 12.3. The Labute approximate surface area is 208 Å². The zero-order chi connectivity index (χ0) is 24.7. The Bertz CT molecular complexity index is 1070. The first kappa shape index (κ1) is 25.8. The first-order valence-electron chi connectivity index (χ1n) is 12.3. The van der Waals surface area contributed by atoms with Crippen molar-refractivity contribution in [1.82, 2.24) is 0 Å². The minimum atomic E-state index is -0.430. The molecule has 3 rings (SSSR count). The van der Waals surface area contributed by atoms with E-state index in [1.807, 2.05) is 24.3 Å². The number of carbonyl (C=O) groups is 1. The Morgan fingerprint density at radius 2 is 1.29 bits per heavy atom. The van der Waals surface area contributed by atoms with Gasteiger partial charge in [0.15, 0.2) is 0 Å². The molecule has 182 valence electrons. The monoisotopic (exact) mass is 471 g/mol. The highest BCUT2D eigenvalue weighted by Crippen LogP contribution is 2.20. The number of nitrogens with zero attached hydrogens (tertiary/aromatic N) is 1. The van der Waals surface area contributed by atoms with Gasteiger partial charge in [0.1, 0.15) is 23.9 Å². The van der Waals surface area contributed by atoms with E-state index in [1.165, 1.54) is 38.5 Å². The first-order chi connectivity index (χ1) is 17.2.